The molecule has 124 valence electrons. The Labute approximate surface area is 131 Å². The second-order valence-corrected chi connectivity index (χ2v) is 6.41. The highest BCUT2D eigenvalue weighted by Gasteiger charge is 2.26. The van der Waals surface area contributed by atoms with Crippen molar-refractivity contribution >= 4 is 13.6 Å². The molecule has 0 heterocycles. The predicted octanol–water partition coefficient (Wildman–Crippen LogP) is 3.64. The van der Waals surface area contributed by atoms with Gasteiger partial charge in [0.25, 0.3) is 0 Å². The Morgan fingerprint density at radius 2 is 1.73 bits per heavy atom. The molecule has 0 aromatic heterocycles. The van der Waals surface area contributed by atoms with E-state index >= 15 is 0 Å². The van der Waals surface area contributed by atoms with E-state index in [1.54, 1.807) is 39.0 Å². The van der Waals surface area contributed by atoms with E-state index in [4.69, 9.17) is 18.5 Å². The first kappa shape index (κ1) is 18.7. The van der Waals surface area contributed by atoms with Crippen molar-refractivity contribution < 1.29 is 27.9 Å². The van der Waals surface area contributed by atoms with Gasteiger partial charge in [-0.15, -0.1) is 0 Å². The number of rotatable bonds is 9. The molecule has 0 aliphatic carbocycles. The van der Waals surface area contributed by atoms with Crippen molar-refractivity contribution in [2.75, 3.05) is 26.9 Å². The first-order chi connectivity index (χ1) is 10.5. The lowest BCUT2D eigenvalue weighted by Gasteiger charge is -2.18. The number of carbonyl (C=O) groups excluding carboxylic acids is 1. The number of hydrogen-bond acceptors (Lipinski definition) is 6. The first-order valence-electron chi connectivity index (χ1n) is 7.21. The molecule has 1 rings (SSSR count). The number of benzene rings is 1. The Morgan fingerprint density at radius 1 is 1.09 bits per heavy atom. The van der Waals surface area contributed by atoms with Crippen LogP contribution in [-0.4, -0.2) is 32.9 Å². The Bertz CT molecular complexity index is 533. The van der Waals surface area contributed by atoms with Crippen molar-refractivity contribution in [1.82, 2.24) is 0 Å². The molecule has 0 saturated carbocycles. The number of methoxy groups -OCH3 is 1. The SMILES string of the molecule is CCOC(=O)c1ccc(CP(=O)(OCC)OCC)c(OC)c1. The van der Waals surface area contributed by atoms with Crippen LogP contribution in [0.1, 0.15) is 36.7 Å². The van der Waals surface area contributed by atoms with Gasteiger partial charge in [-0.3, -0.25) is 4.57 Å². The van der Waals surface area contributed by atoms with Crippen LogP contribution in [0.15, 0.2) is 18.2 Å². The average molecular weight is 330 g/mol. The number of carbonyl (C=O) groups is 1. The fraction of sp³-hybridized carbons (Fsp3) is 0.533. The van der Waals surface area contributed by atoms with Gasteiger partial charge in [0.2, 0.25) is 0 Å². The first-order valence-corrected chi connectivity index (χ1v) is 8.94. The summed E-state index contributed by atoms with van der Waals surface area (Å²) in [6.45, 7) is 6.14. The highest BCUT2D eigenvalue weighted by molar-refractivity contribution is 7.53. The zero-order chi connectivity index (χ0) is 16.6. The second kappa shape index (κ2) is 8.93. The minimum absolute atomic E-state index is 0.0843. The minimum atomic E-state index is -3.23. The molecule has 0 N–H and O–H groups in total. The fourth-order valence-electron chi connectivity index (χ4n) is 1.95. The van der Waals surface area contributed by atoms with Gasteiger partial charge in [-0.05, 0) is 32.9 Å². The second-order valence-electron chi connectivity index (χ2n) is 4.35. The summed E-state index contributed by atoms with van der Waals surface area (Å²) in [4.78, 5) is 11.7. The summed E-state index contributed by atoms with van der Waals surface area (Å²) in [5.41, 5.74) is 1.03. The van der Waals surface area contributed by atoms with Crippen molar-refractivity contribution in [2.24, 2.45) is 0 Å². The molecule has 0 unspecified atom stereocenters. The maximum absolute atomic E-state index is 12.6. The topological polar surface area (TPSA) is 71.1 Å². The van der Waals surface area contributed by atoms with Gasteiger partial charge < -0.3 is 18.5 Å². The molecular weight excluding hydrogens is 307 g/mol. The summed E-state index contributed by atoms with van der Waals surface area (Å²) in [5.74, 6) is 0.0235. The molecule has 0 saturated heterocycles. The largest absolute Gasteiger partial charge is 0.496 e. The van der Waals surface area contributed by atoms with Gasteiger partial charge in [0.05, 0.1) is 38.7 Å². The van der Waals surface area contributed by atoms with Crippen LogP contribution in [0.5, 0.6) is 5.75 Å². The molecule has 1 aromatic carbocycles. The number of hydrogen-bond donors (Lipinski definition) is 0. The van der Waals surface area contributed by atoms with E-state index in [2.05, 4.69) is 0 Å². The van der Waals surface area contributed by atoms with Crippen molar-refractivity contribution in [1.29, 1.82) is 0 Å². The molecular formula is C15H23O6P. The summed E-state index contributed by atoms with van der Waals surface area (Å²) in [6.07, 6.45) is 0.0843. The fourth-order valence-corrected chi connectivity index (χ4v) is 3.67. The molecule has 0 spiro atoms. The van der Waals surface area contributed by atoms with Gasteiger partial charge in [0.1, 0.15) is 5.75 Å². The monoisotopic (exact) mass is 330 g/mol. The van der Waals surface area contributed by atoms with Gasteiger partial charge in [0, 0.05) is 5.56 Å². The maximum atomic E-state index is 12.6. The van der Waals surface area contributed by atoms with Crippen LogP contribution >= 0.6 is 7.60 Å². The summed E-state index contributed by atoms with van der Waals surface area (Å²) < 4.78 is 33.4. The van der Waals surface area contributed by atoms with Crippen LogP contribution < -0.4 is 4.74 Å². The summed E-state index contributed by atoms with van der Waals surface area (Å²) in [5, 5.41) is 0. The summed E-state index contributed by atoms with van der Waals surface area (Å²) in [7, 11) is -1.74. The molecule has 0 fully saturated rings. The Hall–Kier alpha value is -1.36. The molecule has 0 amide bonds. The van der Waals surface area contributed by atoms with E-state index in [9.17, 15) is 9.36 Å². The molecule has 6 nitrogen and oxygen atoms in total. The Balaban J connectivity index is 3.04. The number of ether oxygens (including phenoxy) is 2. The molecule has 1 aromatic rings. The highest BCUT2D eigenvalue weighted by atomic mass is 31.2. The van der Waals surface area contributed by atoms with E-state index in [1.165, 1.54) is 7.11 Å². The molecule has 22 heavy (non-hydrogen) atoms. The lowest BCUT2D eigenvalue weighted by atomic mass is 10.1. The van der Waals surface area contributed by atoms with Crippen molar-refractivity contribution in [3.63, 3.8) is 0 Å². The lowest BCUT2D eigenvalue weighted by Crippen LogP contribution is -2.06. The quantitative estimate of drug-likeness (QED) is 0.508. The zero-order valence-electron chi connectivity index (χ0n) is 13.5. The van der Waals surface area contributed by atoms with E-state index in [-0.39, 0.29) is 6.16 Å². The van der Waals surface area contributed by atoms with Crippen LogP contribution in [0, 0.1) is 0 Å². The Kier molecular flexibility index (Phi) is 7.59. The molecule has 0 radical (unpaired) electrons. The van der Waals surface area contributed by atoms with Crippen molar-refractivity contribution in [2.45, 2.75) is 26.9 Å². The smallest absolute Gasteiger partial charge is 0.338 e. The highest BCUT2D eigenvalue weighted by Crippen LogP contribution is 2.52. The van der Waals surface area contributed by atoms with Crippen LogP contribution in [0.3, 0.4) is 0 Å². The van der Waals surface area contributed by atoms with E-state index < -0.39 is 13.6 Å². The van der Waals surface area contributed by atoms with Crippen LogP contribution in [0.4, 0.5) is 0 Å². The third-order valence-corrected chi connectivity index (χ3v) is 4.84. The molecule has 0 aliphatic rings. The third-order valence-electron chi connectivity index (χ3n) is 2.81. The average Bonchev–Trinajstić information content (AvgIpc) is 2.48. The van der Waals surface area contributed by atoms with Gasteiger partial charge in [-0.1, -0.05) is 6.07 Å². The van der Waals surface area contributed by atoms with E-state index in [0.717, 1.165) is 0 Å². The van der Waals surface area contributed by atoms with Crippen LogP contribution in [-0.2, 0) is 24.5 Å². The molecule has 7 heteroatoms. The summed E-state index contributed by atoms with van der Waals surface area (Å²) >= 11 is 0. The van der Waals surface area contributed by atoms with E-state index in [1.807, 2.05) is 0 Å². The number of esters is 1. The zero-order valence-corrected chi connectivity index (χ0v) is 14.4. The van der Waals surface area contributed by atoms with Crippen LogP contribution in [0.25, 0.3) is 0 Å². The molecule has 0 aliphatic heterocycles. The standard InChI is InChI=1S/C15H23O6P/c1-5-19-15(16)12-8-9-13(14(10-12)18-4)11-22(17,20-6-2)21-7-3/h8-10H,5-7,11H2,1-4H3. The lowest BCUT2D eigenvalue weighted by molar-refractivity contribution is 0.0526. The minimum Gasteiger partial charge on any atom is -0.496 e. The summed E-state index contributed by atoms with van der Waals surface area (Å²) in [6, 6.07) is 4.85. The van der Waals surface area contributed by atoms with Crippen LogP contribution in [0.2, 0.25) is 0 Å². The van der Waals surface area contributed by atoms with Crippen molar-refractivity contribution in [3.05, 3.63) is 29.3 Å². The Morgan fingerprint density at radius 3 is 2.23 bits per heavy atom. The van der Waals surface area contributed by atoms with Gasteiger partial charge in [-0.25, -0.2) is 4.79 Å². The van der Waals surface area contributed by atoms with Gasteiger partial charge >= 0.3 is 13.6 Å². The maximum Gasteiger partial charge on any atom is 0.338 e. The third kappa shape index (κ3) is 5.13. The van der Waals surface area contributed by atoms with Crippen molar-refractivity contribution in [3.8, 4) is 5.75 Å². The normalized spacial score (nSPS) is 11.3. The van der Waals surface area contributed by atoms with Gasteiger partial charge in [0.15, 0.2) is 0 Å². The predicted molar refractivity (Wildman–Crippen MR) is 83.5 cm³/mol. The molecule has 0 atom stereocenters. The molecule has 0 bridgehead atoms. The van der Waals surface area contributed by atoms with E-state index in [0.29, 0.717) is 36.7 Å². The van der Waals surface area contributed by atoms with Gasteiger partial charge in [-0.2, -0.15) is 0 Å².